The molecule has 2 rings (SSSR count). The molecule has 0 amide bonds. The summed E-state index contributed by atoms with van der Waals surface area (Å²) < 4.78 is 24.6. The average molecular weight is 290 g/mol. The summed E-state index contributed by atoms with van der Waals surface area (Å²) in [5, 5.41) is 0. The standard InChI is InChI=1S/C11H13BrFNO2/c1-15-9-6(11(14)3-4-11)5-7(12)10(16-2)8(9)13/h5H,3-4,14H2,1-2H3. The highest BCUT2D eigenvalue weighted by molar-refractivity contribution is 9.10. The second-order valence-electron chi connectivity index (χ2n) is 3.94. The van der Waals surface area contributed by atoms with Crippen molar-refractivity contribution in [2.24, 2.45) is 5.73 Å². The van der Waals surface area contributed by atoms with E-state index in [2.05, 4.69) is 15.9 Å². The Morgan fingerprint density at radius 3 is 2.31 bits per heavy atom. The second-order valence-corrected chi connectivity index (χ2v) is 4.80. The Morgan fingerprint density at radius 1 is 1.31 bits per heavy atom. The Bertz CT molecular complexity index is 432. The molecule has 0 bridgehead atoms. The lowest BCUT2D eigenvalue weighted by Crippen LogP contribution is -2.20. The van der Waals surface area contributed by atoms with E-state index in [1.54, 1.807) is 6.07 Å². The van der Waals surface area contributed by atoms with E-state index in [1.807, 2.05) is 0 Å². The Hall–Kier alpha value is -0.810. The van der Waals surface area contributed by atoms with Crippen molar-refractivity contribution in [3.8, 4) is 11.5 Å². The first-order valence-corrected chi connectivity index (χ1v) is 5.72. The lowest BCUT2D eigenvalue weighted by atomic mass is 10.0. The smallest absolute Gasteiger partial charge is 0.208 e. The van der Waals surface area contributed by atoms with Crippen LogP contribution in [0.4, 0.5) is 4.39 Å². The van der Waals surface area contributed by atoms with E-state index in [1.165, 1.54) is 14.2 Å². The van der Waals surface area contributed by atoms with Crippen molar-refractivity contribution < 1.29 is 13.9 Å². The van der Waals surface area contributed by atoms with Crippen molar-refractivity contribution in [1.82, 2.24) is 0 Å². The Morgan fingerprint density at radius 2 is 1.88 bits per heavy atom. The van der Waals surface area contributed by atoms with Gasteiger partial charge in [-0.15, -0.1) is 0 Å². The van der Waals surface area contributed by atoms with Gasteiger partial charge in [0.2, 0.25) is 5.82 Å². The van der Waals surface area contributed by atoms with Crippen LogP contribution in [0.3, 0.4) is 0 Å². The molecule has 1 aliphatic carbocycles. The third kappa shape index (κ3) is 1.68. The van der Waals surface area contributed by atoms with Gasteiger partial charge < -0.3 is 15.2 Å². The largest absolute Gasteiger partial charge is 0.493 e. The minimum Gasteiger partial charge on any atom is -0.493 e. The first-order valence-electron chi connectivity index (χ1n) is 4.93. The third-order valence-corrected chi connectivity index (χ3v) is 3.45. The highest BCUT2D eigenvalue weighted by Crippen LogP contribution is 2.50. The maximum Gasteiger partial charge on any atom is 0.208 e. The molecule has 0 spiro atoms. The summed E-state index contributed by atoms with van der Waals surface area (Å²) in [5.41, 5.74) is 6.32. The molecular weight excluding hydrogens is 277 g/mol. The van der Waals surface area contributed by atoms with Gasteiger partial charge in [0.25, 0.3) is 0 Å². The van der Waals surface area contributed by atoms with E-state index >= 15 is 0 Å². The predicted octanol–water partition coefficient (Wildman–Crippen LogP) is 2.55. The summed E-state index contributed by atoms with van der Waals surface area (Å²) >= 11 is 3.27. The van der Waals surface area contributed by atoms with E-state index in [9.17, 15) is 4.39 Å². The molecule has 0 unspecified atom stereocenters. The maximum absolute atomic E-state index is 14.0. The van der Waals surface area contributed by atoms with E-state index in [0.29, 0.717) is 10.0 Å². The van der Waals surface area contributed by atoms with Crippen LogP contribution in [-0.4, -0.2) is 14.2 Å². The van der Waals surface area contributed by atoms with Gasteiger partial charge in [-0.05, 0) is 34.8 Å². The van der Waals surface area contributed by atoms with Gasteiger partial charge in [-0.2, -0.15) is 4.39 Å². The van der Waals surface area contributed by atoms with Gasteiger partial charge in [0.15, 0.2) is 11.5 Å². The normalized spacial score (nSPS) is 17.1. The SMILES string of the molecule is COc1c(Br)cc(C2(N)CC2)c(OC)c1F. The first-order chi connectivity index (χ1) is 7.53. The van der Waals surface area contributed by atoms with Gasteiger partial charge in [-0.25, -0.2) is 0 Å². The molecule has 1 fully saturated rings. The zero-order chi connectivity index (χ0) is 11.9. The Kier molecular flexibility index (Phi) is 2.84. The summed E-state index contributed by atoms with van der Waals surface area (Å²) in [6, 6.07) is 1.77. The monoisotopic (exact) mass is 289 g/mol. The van der Waals surface area contributed by atoms with E-state index in [0.717, 1.165) is 12.8 Å². The molecule has 0 aromatic heterocycles. The summed E-state index contributed by atoms with van der Waals surface area (Å²) in [4.78, 5) is 0. The fourth-order valence-electron chi connectivity index (χ4n) is 1.74. The maximum atomic E-state index is 14.0. The summed E-state index contributed by atoms with van der Waals surface area (Å²) in [7, 11) is 2.85. The second kappa shape index (κ2) is 3.89. The molecule has 1 saturated carbocycles. The highest BCUT2D eigenvalue weighted by Gasteiger charge is 2.43. The molecule has 1 aliphatic rings. The fourth-order valence-corrected chi connectivity index (χ4v) is 2.31. The predicted molar refractivity (Wildman–Crippen MR) is 62.3 cm³/mol. The van der Waals surface area contributed by atoms with E-state index < -0.39 is 11.4 Å². The molecule has 3 nitrogen and oxygen atoms in total. The van der Waals surface area contributed by atoms with Crippen LogP contribution in [0, 0.1) is 5.82 Å². The van der Waals surface area contributed by atoms with Crippen molar-refractivity contribution in [1.29, 1.82) is 0 Å². The van der Waals surface area contributed by atoms with Gasteiger partial charge >= 0.3 is 0 Å². The number of benzene rings is 1. The number of ether oxygens (including phenoxy) is 2. The van der Waals surface area contributed by atoms with Gasteiger partial charge in [-0.1, -0.05) is 0 Å². The lowest BCUT2D eigenvalue weighted by Gasteiger charge is -2.17. The molecule has 2 N–H and O–H groups in total. The number of rotatable bonds is 3. The van der Waals surface area contributed by atoms with E-state index in [4.69, 9.17) is 15.2 Å². The molecule has 5 heteroatoms. The van der Waals surface area contributed by atoms with Crippen molar-refractivity contribution in [2.75, 3.05) is 14.2 Å². The molecule has 88 valence electrons. The van der Waals surface area contributed by atoms with Crippen LogP contribution in [0.2, 0.25) is 0 Å². The van der Waals surface area contributed by atoms with Crippen LogP contribution in [0.5, 0.6) is 11.5 Å². The van der Waals surface area contributed by atoms with Crippen LogP contribution in [0.1, 0.15) is 18.4 Å². The topological polar surface area (TPSA) is 44.5 Å². The molecule has 16 heavy (non-hydrogen) atoms. The minimum absolute atomic E-state index is 0.143. The van der Waals surface area contributed by atoms with Crippen LogP contribution < -0.4 is 15.2 Å². The van der Waals surface area contributed by atoms with Crippen LogP contribution >= 0.6 is 15.9 Å². The van der Waals surface area contributed by atoms with Crippen molar-refractivity contribution >= 4 is 15.9 Å². The molecule has 1 aromatic carbocycles. The van der Waals surface area contributed by atoms with Gasteiger partial charge in [-0.3, -0.25) is 0 Å². The molecule has 1 aromatic rings. The number of hydrogen-bond donors (Lipinski definition) is 1. The summed E-state index contributed by atoms with van der Waals surface area (Å²) in [6.07, 6.45) is 1.70. The molecule has 0 heterocycles. The Labute approximate surface area is 102 Å². The number of methoxy groups -OCH3 is 2. The summed E-state index contributed by atoms with van der Waals surface area (Å²) in [6.45, 7) is 0. The third-order valence-electron chi connectivity index (χ3n) is 2.86. The summed E-state index contributed by atoms with van der Waals surface area (Å²) in [5.74, 6) is -0.184. The average Bonchev–Trinajstić information content (AvgIpc) is 2.98. The minimum atomic E-state index is -0.508. The van der Waals surface area contributed by atoms with Crippen LogP contribution in [0.15, 0.2) is 10.5 Å². The van der Waals surface area contributed by atoms with Crippen molar-refractivity contribution in [2.45, 2.75) is 18.4 Å². The number of halogens is 2. The fraction of sp³-hybridized carbons (Fsp3) is 0.455. The zero-order valence-electron chi connectivity index (χ0n) is 9.14. The number of nitrogens with two attached hydrogens (primary N) is 1. The first kappa shape index (κ1) is 11.7. The molecule has 0 saturated heterocycles. The van der Waals surface area contributed by atoms with Gasteiger partial charge in [0.1, 0.15) is 0 Å². The van der Waals surface area contributed by atoms with Gasteiger partial charge in [0, 0.05) is 11.1 Å². The molecule has 0 atom stereocenters. The Balaban J connectivity index is 2.62. The number of hydrogen-bond acceptors (Lipinski definition) is 3. The molecule has 0 aliphatic heterocycles. The van der Waals surface area contributed by atoms with Crippen molar-refractivity contribution in [3.05, 3.63) is 21.9 Å². The lowest BCUT2D eigenvalue weighted by molar-refractivity contribution is 0.342. The van der Waals surface area contributed by atoms with Crippen molar-refractivity contribution in [3.63, 3.8) is 0 Å². The molecular formula is C11H13BrFNO2. The highest BCUT2D eigenvalue weighted by atomic mass is 79.9. The van der Waals surface area contributed by atoms with Gasteiger partial charge in [0.05, 0.1) is 18.7 Å². The van der Waals surface area contributed by atoms with E-state index in [-0.39, 0.29) is 11.5 Å². The molecule has 0 radical (unpaired) electrons. The zero-order valence-corrected chi connectivity index (χ0v) is 10.7. The quantitative estimate of drug-likeness (QED) is 0.930. The van der Waals surface area contributed by atoms with Crippen LogP contribution in [0.25, 0.3) is 0 Å². The van der Waals surface area contributed by atoms with Crippen LogP contribution in [-0.2, 0) is 5.54 Å².